The molecule has 1 amide bonds. The highest BCUT2D eigenvalue weighted by Gasteiger charge is 2.18. The van der Waals surface area contributed by atoms with Gasteiger partial charge in [-0.15, -0.1) is 0 Å². The predicted octanol–water partition coefficient (Wildman–Crippen LogP) is 14.9. The Labute approximate surface area is 360 Å². The third kappa shape index (κ3) is 43.7. The van der Waals surface area contributed by atoms with Gasteiger partial charge in [0.1, 0.15) is 0 Å². The maximum absolute atomic E-state index is 12.4. The molecule has 0 fully saturated rings. The smallest absolute Gasteiger partial charge is 0.305 e. The molecule has 0 aromatic rings. The van der Waals surface area contributed by atoms with Crippen LogP contribution in [-0.4, -0.2) is 47.4 Å². The Morgan fingerprint density at radius 3 is 1.33 bits per heavy atom. The topological polar surface area (TPSA) is 95.9 Å². The summed E-state index contributed by atoms with van der Waals surface area (Å²) in [6.45, 7) is 4.81. The third-order valence-electron chi connectivity index (χ3n) is 11.4. The zero-order chi connectivity index (χ0) is 42.3. The molecule has 0 aromatic heterocycles. The van der Waals surface area contributed by atoms with Crippen molar-refractivity contribution in [3.05, 3.63) is 36.5 Å². The van der Waals surface area contributed by atoms with E-state index in [1.807, 2.05) is 6.08 Å². The highest BCUT2D eigenvalue weighted by Crippen LogP contribution is 2.15. The highest BCUT2D eigenvalue weighted by atomic mass is 16.5. The molecule has 0 aliphatic carbocycles. The van der Waals surface area contributed by atoms with Crippen molar-refractivity contribution in [2.24, 2.45) is 0 Å². The van der Waals surface area contributed by atoms with Gasteiger partial charge in [0.05, 0.1) is 25.4 Å². The molecule has 2 unspecified atom stereocenters. The molecule has 0 saturated carbocycles. The van der Waals surface area contributed by atoms with Gasteiger partial charge < -0.3 is 20.3 Å². The first-order valence-corrected chi connectivity index (χ1v) is 25.3. The SMILES string of the molecule is CCCCCC/C=C\C/C=C\CCCCCCCCCC(=O)OCCCCCCCCCCCC(=O)NC(CO)C(O)/C=C/CCCCCCCCCCCCCC. The standard InChI is InChI=1S/C52H97NO5/c1-3-5-7-9-11-13-15-17-19-20-21-22-24-26-30-34-38-42-46-52(57)58-47-43-39-35-31-27-29-33-37-41-45-51(56)53-49(48-54)50(55)44-40-36-32-28-25-23-18-16-14-12-10-8-6-4-2/h13,15,19-20,40,44,49-50,54-55H,3-12,14,16-18,21-39,41-43,45-48H2,1-2H3,(H,53,56)/b15-13-,20-19-,44-40+. The summed E-state index contributed by atoms with van der Waals surface area (Å²) in [6, 6.07) is -0.648. The molecular weight excluding hydrogens is 719 g/mol. The Morgan fingerprint density at radius 2 is 0.862 bits per heavy atom. The van der Waals surface area contributed by atoms with E-state index >= 15 is 0 Å². The van der Waals surface area contributed by atoms with Gasteiger partial charge in [-0.3, -0.25) is 9.59 Å². The Hall–Kier alpha value is -1.92. The van der Waals surface area contributed by atoms with Gasteiger partial charge in [-0.2, -0.15) is 0 Å². The van der Waals surface area contributed by atoms with Gasteiger partial charge in [-0.05, 0) is 64.2 Å². The number of carbonyl (C=O) groups is 2. The first-order valence-electron chi connectivity index (χ1n) is 25.3. The molecule has 6 nitrogen and oxygen atoms in total. The number of aliphatic hydroxyl groups is 2. The maximum Gasteiger partial charge on any atom is 0.305 e. The Balaban J connectivity index is 3.53. The van der Waals surface area contributed by atoms with Gasteiger partial charge in [0.25, 0.3) is 0 Å². The Kier molecular flexibility index (Phi) is 46.2. The van der Waals surface area contributed by atoms with Crippen LogP contribution in [0.25, 0.3) is 0 Å². The molecule has 0 heterocycles. The van der Waals surface area contributed by atoms with Crippen molar-refractivity contribution in [3.63, 3.8) is 0 Å². The van der Waals surface area contributed by atoms with E-state index < -0.39 is 12.1 Å². The van der Waals surface area contributed by atoms with Crippen molar-refractivity contribution in [3.8, 4) is 0 Å². The zero-order valence-corrected chi connectivity index (χ0v) is 38.5. The summed E-state index contributed by atoms with van der Waals surface area (Å²) in [4.78, 5) is 24.5. The lowest BCUT2D eigenvalue weighted by molar-refractivity contribution is -0.143. The van der Waals surface area contributed by atoms with Crippen molar-refractivity contribution in [2.45, 2.75) is 270 Å². The van der Waals surface area contributed by atoms with Crippen molar-refractivity contribution in [1.82, 2.24) is 5.32 Å². The van der Waals surface area contributed by atoms with E-state index in [1.165, 1.54) is 167 Å². The second-order valence-electron chi connectivity index (χ2n) is 17.1. The van der Waals surface area contributed by atoms with E-state index in [2.05, 4.69) is 43.5 Å². The van der Waals surface area contributed by atoms with Crippen LogP contribution >= 0.6 is 0 Å². The van der Waals surface area contributed by atoms with Gasteiger partial charge in [-0.25, -0.2) is 0 Å². The average molecular weight is 816 g/mol. The van der Waals surface area contributed by atoms with E-state index in [4.69, 9.17) is 4.74 Å². The van der Waals surface area contributed by atoms with Crippen LogP contribution in [0.2, 0.25) is 0 Å². The van der Waals surface area contributed by atoms with Crippen LogP contribution in [0.3, 0.4) is 0 Å². The second kappa shape index (κ2) is 47.8. The minimum absolute atomic E-state index is 0.0353. The molecule has 0 aliphatic rings. The largest absolute Gasteiger partial charge is 0.466 e. The molecule has 0 saturated heterocycles. The van der Waals surface area contributed by atoms with Crippen LogP contribution in [0.15, 0.2) is 36.5 Å². The van der Waals surface area contributed by atoms with Crippen LogP contribution in [0.5, 0.6) is 0 Å². The number of rotatable bonds is 46. The summed E-state index contributed by atoms with van der Waals surface area (Å²) < 4.78 is 5.45. The summed E-state index contributed by atoms with van der Waals surface area (Å²) >= 11 is 0. The Bertz CT molecular complexity index is 946. The number of ether oxygens (including phenoxy) is 1. The fourth-order valence-electron chi connectivity index (χ4n) is 7.49. The van der Waals surface area contributed by atoms with Crippen LogP contribution in [-0.2, 0) is 14.3 Å². The number of allylic oxidation sites excluding steroid dienone is 5. The number of amides is 1. The quantitative estimate of drug-likeness (QED) is 0.0323. The van der Waals surface area contributed by atoms with E-state index in [9.17, 15) is 19.8 Å². The summed E-state index contributed by atoms with van der Waals surface area (Å²) in [5.41, 5.74) is 0. The lowest BCUT2D eigenvalue weighted by Gasteiger charge is -2.20. The van der Waals surface area contributed by atoms with Crippen molar-refractivity contribution in [2.75, 3.05) is 13.2 Å². The van der Waals surface area contributed by atoms with Gasteiger partial charge in [0.2, 0.25) is 5.91 Å². The highest BCUT2D eigenvalue weighted by molar-refractivity contribution is 5.76. The number of hydrogen-bond donors (Lipinski definition) is 3. The van der Waals surface area contributed by atoms with Gasteiger partial charge in [-0.1, -0.05) is 217 Å². The fraction of sp³-hybridized carbons (Fsp3) is 0.846. The summed E-state index contributed by atoms with van der Waals surface area (Å²) in [7, 11) is 0. The van der Waals surface area contributed by atoms with Crippen LogP contribution in [0.4, 0.5) is 0 Å². The monoisotopic (exact) mass is 816 g/mol. The van der Waals surface area contributed by atoms with Crippen LogP contribution in [0, 0.1) is 0 Å². The summed E-state index contributed by atoms with van der Waals surface area (Å²) in [5, 5.41) is 23.0. The molecule has 0 bridgehead atoms. The minimum atomic E-state index is -0.862. The lowest BCUT2D eigenvalue weighted by Crippen LogP contribution is -2.45. The van der Waals surface area contributed by atoms with E-state index in [0.717, 1.165) is 64.2 Å². The van der Waals surface area contributed by atoms with Crippen molar-refractivity contribution in [1.29, 1.82) is 0 Å². The van der Waals surface area contributed by atoms with E-state index in [0.29, 0.717) is 19.4 Å². The predicted molar refractivity (Wildman–Crippen MR) is 250 cm³/mol. The number of hydrogen-bond acceptors (Lipinski definition) is 5. The Morgan fingerprint density at radius 1 is 0.483 bits per heavy atom. The average Bonchev–Trinajstić information content (AvgIpc) is 3.22. The summed E-state index contributed by atoms with van der Waals surface area (Å²) in [6.07, 6.45) is 57.0. The molecular formula is C52H97NO5. The molecule has 2 atom stereocenters. The molecule has 340 valence electrons. The molecule has 58 heavy (non-hydrogen) atoms. The van der Waals surface area contributed by atoms with Crippen LogP contribution < -0.4 is 5.32 Å². The second-order valence-corrected chi connectivity index (χ2v) is 17.1. The van der Waals surface area contributed by atoms with Gasteiger partial charge in [0, 0.05) is 12.8 Å². The van der Waals surface area contributed by atoms with Crippen LogP contribution in [0.1, 0.15) is 258 Å². The lowest BCUT2D eigenvalue weighted by atomic mass is 10.0. The minimum Gasteiger partial charge on any atom is -0.466 e. The first kappa shape index (κ1) is 56.1. The van der Waals surface area contributed by atoms with E-state index in [1.54, 1.807) is 6.08 Å². The molecule has 0 aliphatic heterocycles. The van der Waals surface area contributed by atoms with Gasteiger partial charge in [0.15, 0.2) is 0 Å². The third-order valence-corrected chi connectivity index (χ3v) is 11.4. The molecule has 3 N–H and O–H groups in total. The molecule has 6 heteroatoms. The molecule has 0 aromatic carbocycles. The first-order chi connectivity index (χ1) is 28.5. The molecule has 0 rings (SSSR count). The molecule has 0 radical (unpaired) electrons. The zero-order valence-electron chi connectivity index (χ0n) is 38.5. The number of aliphatic hydroxyl groups excluding tert-OH is 2. The van der Waals surface area contributed by atoms with Gasteiger partial charge >= 0.3 is 5.97 Å². The fourth-order valence-corrected chi connectivity index (χ4v) is 7.49. The van der Waals surface area contributed by atoms with Crippen molar-refractivity contribution >= 4 is 11.9 Å². The maximum atomic E-state index is 12.4. The molecule has 0 spiro atoms. The summed E-state index contributed by atoms with van der Waals surface area (Å²) in [5.74, 6) is -0.132. The number of carbonyl (C=O) groups excluding carboxylic acids is 2. The van der Waals surface area contributed by atoms with Crippen molar-refractivity contribution < 1.29 is 24.5 Å². The normalized spacial score (nSPS) is 13.0. The number of nitrogens with one attached hydrogen (secondary N) is 1. The number of esters is 1. The van der Waals surface area contributed by atoms with E-state index in [-0.39, 0.29) is 18.5 Å². The number of unbranched alkanes of at least 4 members (excludes halogenated alkanes) is 31.